The zero-order chi connectivity index (χ0) is 13.9. The summed E-state index contributed by atoms with van der Waals surface area (Å²) in [7, 11) is 0. The summed E-state index contributed by atoms with van der Waals surface area (Å²) in [5.41, 5.74) is 0.956. The molecule has 0 fully saturated rings. The average molecular weight is 268 g/mol. The van der Waals surface area contributed by atoms with E-state index < -0.39 is 0 Å². The summed E-state index contributed by atoms with van der Waals surface area (Å²) in [6.07, 6.45) is 3.73. The van der Waals surface area contributed by atoms with E-state index in [4.69, 9.17) is 4.52 Å². The Kier molecular flexibility index (Phi) is 3.33. The van der Waals surface area contributed by atoms with Gasteiger partial charge in [-0.15, -0.1) is 0 Å². The van der Waals surface area contributed by atoms with Gasteiger partial charge in [0, 0.05) is 23.9 Å². The van der Waals surface area contributed by atoms with E-state index in [-0.39, 0.29) is 0 Å². The Morgan fingerprint density at radius 2 is 2.00 bits per heavy atom. The van der Waals surface area contributed by atoms with Crippen LogP contribution in [0.4, 0.5) is 0 Å². The molecule has 0 radical (unpaired) electrons. The van der Waals surface area contributed by atoms with Crippen molar-refractivity contribution in [1.29, 1.82) is 0 Å². The molecule has 5 heteroatoms. The maximum Gasteiger partial charge on any atom is 0.246 e. The van der Waals surface area contributed by atoms with Crippen LogP contribution in [0, 0.1) is 0 Å². The summed E-state index contributed by atoms with van der Waals surface area (Å²) in [5.74, 6) is 2.58. The Labute approximate surface area is 117 Å². The highest BCUT2D eigenvalue weighted by Crippen LogP contribution is 2.17. The molecule has 0 atom stereocenters. The molecule has 0 aliphatic rings. The van der Waals surface area contributed by atoms with Crippen LogP contribution in [-0.2, 0) is 6.54 Å². The standard InChI is InChI=1S/C15H16N4O/c1-11(2)15-16-8-9-19(15)10-13-17-14(18-20-13)12-6-4-3-5-7-12/h3-9,11H,10H2,1-2H3. The highest BCUT2D eigenvalue weighted by Gasteiger charge is 2.12. The molecule has 102 valence electrons. The third-order valence-corrected chi connectivity index (χ3v) is 3.07. The minimum absolute atomic E-state index is 0.363. The second-order valence-electron chi connectivity index (χ2n) is 4.95. The smallest absolute Gasteiger partial charge is 0.246 e. The highest BCUT2D eigenvalue weighted by atomic mass is 16.5. The van der Waals surface area contributed by atoms with E-state index in [2.05, 4.69) is 29.0 Å². The van der Waals surface area contributed by atoms with Crippen molar-refractivity contribution >= 4 is 0 Å². The van der Waals surface area contributed by atoms with Gasteiger partial charge in [0.1, 0.15) is 12.4 Å². The van der Waals surface area contributed by atoms with E-state index in [9.17, 15) is 0 Å². The lowest BCUT2D eigenvalue weighted by Crippen LogP contribution is -2.06. The number of hydrogen-bond acceptors (Lipinski definition) is 4. The molecule has 0 saturated carbocycles. The number of rotatable bonds is 4. The molecule has 0 bridgehead atoms. The third-order valence-electron chi connectivity index (χ3n) is 3.07. The van der Waals surface area contributed by atoms with Crippen molar-refractivity contribution in [2.75, 3.05) is 0 Å². The first-order valence-corrected chi connectivity index (χ1v) is 6.63. The Morgan fingerprint density at radius 3 is 2.75 bits per heavy atom. The van der Waals surface area contributed by atoms with Crippen molar-refractivity contribution in [3.63, 3.8) is 0 Å². The molecule has 0 N–H and O–H groups in total. The summed E-state index contributed by atoms with van der Waals surface area (Å²) in [6, 6.07) is 9.80. The minimum Gasteiger partial charge on any atom is -0.337 e. The summed E-state index contributed by atoms with van der Waals surface area (Å²) in [5, 5.41) is 4.02. The van der Waals surface area contributed by atoms with E-state index in [0.717, 1.165) is 11.4 Å². The van der Waals surface area contributed by atoms with E-state index in [1.807, 2.05) is 41.1 Å². The van der Waals surface area contributed by atoms with Crippen LogP contribution in [0.5, 0.6) is 0 Å². The fourth-order valence-corrected chi connectivity index (χ4v) is 2.12. The molecular formula is C15H16N4O. The first-order chi connectivity index (χ1) is 9.74. The van der Waals surface area contributed by atoms with Gasteiger partial charge in [-0.3, -0.25) is 0 Å². The van der Waals surface area contributed by atoms with Gasteiger partial charge >= 0.3 is 0 Å². The van der Waals surface area contributed by atoms with E-state index in [1.54, 1.807) is 6.20 Å². The number of imidazole rings is 1. The quantitative estimate of drug-likeness (QED) is 0.729. The number of nitrogens with zero attached hydrogens (tertiary/aromatic N) is 4. The molecule has 0 unspecified atom stereocenters. The zero-order valence-electron chi connectivity index (χ0n) is 11.5. The fraction of sp³-hybridized carbons (Fsp3) is 0.267. The fourth-order valence-electron chi connectivity index (χ4n) is 2.12. The predicted molar refractivity (Wildman–Crippen MR) is 75.2 cm³/mol. The largest absolute Gasteiger partial charge is 0.337 e. The lowest BCUT2D eigenvalue weighted by molar-refractivity contribution is 0.369. The molecule has 5 nitrogen and oxygen atoms in total. The van der Waals surface area contributed by atoms with Gasteiger partial charge in [0.05, 0.1) is 0 Å². The second kappa shape index (κ2) is 5.28. The zero-order valence-corrected chi connectivity index (χ0v) is 11.5. The molecule has 0 spiro atoms. The van der Waals surface area contributed by atoms with Crippen LogP contribution in [0.3, 0.4) is 0 Å². The number of hydrogen-bond donors (Lipinski definition) is 0. The Balaban J connectivity index is 1.83. The van der Waals surface area contributed by atoms with Gasteiger partial charge < -0.3 is 9.09 Å². The van der Waals surface area contributed by atoms with Gasteiger partial charge in [-0.2, -0.15) is 4.98 Å². The first kappa shape index (κ1) is 12.6. The third kappa shape index (κ3) is 2.47. The molecule has 0 saturated heterocycles. The Hall–Kier alpha value is -2.43. The van der Waals surface area contributed by atoms with Crippen molar-refractivity contribution in [3.05, 3.63) is 54.4 Å². The van der Waals surface area contributed by atoms with Crippen molar-refractivity contribution in [2.24, 2.45) is 0 Å². The van der Waals surface area contributed by atoms with Crippen molar-refractivity contribution < 1.29 is 4.52 Å². The van der Waals surface area contributed by atoms with Gasteiger partial charge in [0.2, 0.25) is 11.7 Å². The van der Waals surface area contributed by atoms with Gasteiger partial charge in [0.15, 0.2) is 0 Å². The maximum atomic E-state index is 5.32. The van der Waals surface area contributed by atoms with Gasteiger partial charge in [-0.05, 0) is 0 Å². The van der Waals surface area contributed by atoms with Gasteiger partial charge in [0.25, 0.3) is 0 Å². The maximum absolute atomic E-state index is 5.32. The molecule has 1 aromatic carbocycles. The minimum atomic E-state index is 0.363. The predicted octanol–water partition coefficient (Wildman–Crippen LogP) is 3.10. The lowest BCUT2D eigenvalue weighted by atomic mass is 10.2. The van der Waals surface area contributed by atoms with Crippen molar-refractivity contribution in [2.45, 2.75) is 26.3 Å². The van der Waals surface area contributed by atoms with E-state index in [0.29, 0.717) is 24.2 Å². The second-order valence-corrected chi connectivity index (χ2v) is 4.95. The topological polar surface area (TPSA) is 56.7 Å². The van der Waals surface area contributed by atoms with Crippen LogP contribution in [0.2, 0.25) is 0 Å². The first-order valence-electron chi connectivity index (χ1n) is 6.63. The van der Waals surface area contributed by atoms with E-state index >= 15 is 0 Å². The van der Waals surface area contributed by atoms with Crippen molar-refractivity contribution in [3.8, 4) is 11.4 Å². The van der Waals surface area contributed by atoms with Crippen LogP contribution in [0.25, 0.3) is 11.4 Å². The monoisotopic (exact) mass is 268 g/mol. The number of aromatic nitrogens is 4. The summed E-state index contributed by atoms with van der Waals surface area (Å²) in [4.78, 5) is 8.78. The van der Waals surface area contributed by atoms with Crippen molar-refractivity contribution in [1.82, 2.24) is 19.7 Å². The Bertz CT molecular complexity index is 685. The highest BCUT2D eigenvalue weighted by molar-refractivity contribution is 5.53. The molecular weight excluding hydrogens is 252 g/mol. The van der Waals surface area contributed by atoms with E-state index in [1.165, 1.54) is 0 Å². The molecule has 3 rings (SSSR count). The molecule has 2 heterocycles. The molecule has 0 aliphatic heterocycles. The molecule has 2 aromatic heterocycles. The average Bonchev–Trinajstić information content (AvgIpc) is 3.09. The summed E-state index contributed by atoms with van der Waals surface area (Å²) < 4.78 is 7.35. The molecule has 3 aromatic rings. The lowest BCUT2D eigenvalue weighted by Gasteiger charge is -2.07. The van der Waals surface area contributed by atoms with Gasteiger partial charge in [-0.1, -0.05) is 49.3 Å². The van der Waals surface area contributed by atoms with Crippen LogP contribution < -0.4 is 0 Å². The molecule has 0 aliphatic carbocycles. The summed E-state index contributed by atoms with van der Waals surface area (Å²) >= 11 is 0. The van der Waals surface area contributed by atoms with Gasteiger partial charge in [-0.25, -0.2) is 4.98 Å². The Morgan fingerprint density at radius 1 is 1.20 bits per heavy atom. The normalized spacial score (nSPS) is 11.2. The van der Waals surface area contributed by atoms with Crippen LogP contribution in [0.1, 0.15) is 31.5 Å². The number of benzene rings is 1. The molecule has 0 amide bonds. The van der Waals surface area contributed by atoms with Crippen LogP contribution in [0.15, 0.2) is 47.2 Å². The van der Waals surface area contributed by atoms with Crippen LogP contribution in [-0.4, -0.2) is 19.7 Å². The van der Waals surface area contributed by atoms with Crippen LogP contribution >= 0.6 is 0 Å². The molecule has 20 heavy (non-hydrogen) atoms. The summed E-state index contributed by atoms with van der Waals surface area (Å²) in [6.45, 7) is 4.78. The SMILES string of the molecule is CC(C)c1nccn1Cc1nc(-c2ccccc2)no1.